The highest BCUT2D eigenvalue weighted by Crippen LogP contribution is 2.47. The average molecular weight is 507 g/mol. The molecular weight excluding hydrogens is 472 g/mol. The topological polar surface area (TPSA) is 60.0 Å². The van der Waals surface area contributed by atoms with Crippen molar-refractivity contribution in [3.63, 3.8) is 0 Å². The van der Waals surface area contributed by atoms with Gasteiger partial charge in [0.25, 0.3) is 5.91 Å². The molecule has 7 heteroatoms. The fourth-order valence-electron chi connectivity index (χ4n) is 6.10. The first-order valence-electron chi connectivity index (χ1n) is 13.0. The molecule has 1 saturated carbocycles. The van der Waals surface area contributed by atoms with Gasteiger partial charge in [-0.3, -0.25) is 4.79 Å². The molecule has 190 valence electrons. The van der Waals surface area contributed by atoms with Gasteiger partial charge in [0.15, 0.2) is 11.5 Å². The van der Waals surface area contributed by atoms with Crippen LogP contribution in [0, 0.1) is 5.92 Å². The van der Waals surface area contributed by atoms with Crippen LogP contribution >= 0.6 is 11.3 Å². The minimum atomic E-state index is -0.794. The van der Waals surface area contributed by atoms with Crippen LogP contribution in [0.3, 0.4) is 0 Å². The third-order valence-corrected chi connectivity index (χ3v) is 8.79. The standard InChI is InChI=1S/C29H34N2O4S/c1-29(2)34-25-15-20(14-24(33-3)27(25)35-29)28(32)31(16-21-12-18-8-4-6-10-23(18)30-21)17-22-13-19-9-5-7-11-26(19)36-22/h5,7,9,11,13-15,18,21,23,30H,4,6,8,10,12,16-17H2,1-3H3/t18-,21-,23-/m0/s1. The summed E-state index contributed by atoms with van der Waals surface area (Å²) < 4.78 is 18.7. The first-order valence-corrected chi connectivity index (χ1v) is 13.8. The monoisotopic (exact) mass is 506 g/mol. The van der Waals surface area contributed by atoms with E-state index in [9.17, 15) is 4.79 Å². The molecule has 6 rings (SSSR count). The molecule has 3 atom stereocenters. The van der Waals surface area contributed by atoms with E-state index in [1.165, 1.54) is 40.6 Å². The molecule has 3 aliphatic rings. The zero-order valence-corrected chi connectivity index (χ0v) is 22.0. The van der Waals surface area contributed by atoms with Crippen molar-refractivity contribution in [1.29, 1.82) is 0 Å². The van der Waals surface area contributed by atoms with Gasteiger partial charge in [0.05, 0.1) is 13.7 Å². The van der Waals surface area contributed by atoms with Crippen LogP contribution in [0.4, 0.5) is 0 Å². The summed E-state index contributed by atoms with van der Waals surface area (Å²) in [6.07, 6.45) is 6.32. The molecule has 3 aromatic rings. The Balaban J connectivity index is 1.30. The molecule has 6 nitrogen and oxygen atoms in total. The van der Waals surface area contributed by atoms with E-state index in [1.54, 1.807) is 30.6 Å². The summed E-state index contributed by atoms with van der Waals surface area (Å²) in [6, 6.07) is 15.1. The summed E-state index contributed by atoms with van der Waals surface area (Å²) in [4.78, 5) is 17.2. The first-order chi connectivity index (χ1) is 17.4. The van der Waals surface area contributed by atoms with Crippen LogP contribution in [0.2, 0.25) is 0 Å². The maximum Gasteiger partial charge on any atom is 0.254 e. The van der Waals surface area contributed by atoms with Gasteiger partial charge >= 0.3 is 0 Å². The van der Waals surface area contributed by atoms with Crippen molar-refractivity contribution in [3.05, 3.63) is 52.9 Å². The molecule has 3 heterocycles. The van der Waals surface area contributed by atoms with E-state index in [1.807, 2.05) is 18.7 Å². The normalized spacial score (nSPS) is 24.0. The Morgan fingerprint density at radius 2 is 2.00 bits per heavy atom. The molecule has 0 radical (unpaired) electrons. The van der Waals surface area contributed by atoms with E-state index in [0.29, 0.717) is 48.0 Å². The van der Waals surface area contributed by atoms with Crippen LogP contribution in [0.25, 0.3) is 10.1 Å². The van der Waals surface area contributed by atoms with Crippen LogP contribution in [0.1, 0.15) is 61.2 Å². The van der Waals surface area contributed by atoms with Crippen molar-refractivity contribution in [2.45, 2.75) is 70.4 Å². The Kier molecular flexibility index (Phi) is 6.08. The Morgan fingerprint density at radius 3 is 2.81 bits per heavy atom. The van der Waals surface area contributed by atoms with Gasteiger partial charge in [0, 0.05) is 47.6 Å². The summed E-state index contributed by atoms with van der Waals surface area (Å²) in [5, 5.41) is 5.08. The van der Waals surface area contributed by atoms with E-state index in [4.69, 9.17) is 14.2 Å². The number of thiophene rings is 1. The van der Waals surface area contributed by atoms with E-state index < -0.39 is 5.79 Å². The number of carbonyl (C=O) groups is 1. The number of benzene rings is 2. The summed E-state index contributed by atoms with van der Waals surface area (Å²) >= 11 is 1.76. The summed E-state index contributed by atoms with van der Waals surface area (Å²) in [7, 11) is 1.59. The van der Waals surface area contributed by atoms with Gasteiger partial charge in [0.1, 0.15) is 0 Å². The minimum Gasteiger partial charge on any atom is -0.493 e. The maximum absolute atomic E-state index is 14.0. The molecule has 36 heavy (non-hydrogen) atoms. The Bertz CT molecular complexity index is 1240. The van der Waals surface area contributed by atoms with Crippen LogP contribution in [0.15, 0.2) is 42.5 Å². The molecule has 2 aliphatic heterocycles. The number of hydrogen-bond acceptors (Lipinski definition) is 6. The lowest BCUT2D eigenvalue weighted by molar-refractivity contribution is -0.0439. The highest BCUT2D eigenvalue weighted by Gasteiger charge is 2.38. The van der Waals surface area contributed by atoms with Crippen molar-refractivity contribution in [1.82, 2.24) is 10.2 Å². The van der Waals surface area contributed by atoms with Gasteiger partial charge in [-0.1, -0.05) is 31.0 Å². The molecule has 1 aliphatic carbocycles. The summed E-state index contributed by atoms with van der Waals surface area (Å²) in [5.74, 6) is 1.55. The third-order valence-electron chi connectivity index (χ3n) is 7.69. The molecule has 1 aromatic heterocycles. The number of methoxy groups -OCH3 is 1. The molecule has 0 bridgehead atoms. The molecule has 0 spiro atoms. The Morgan fingerprint density at radius 1 is 1.17 bits per heavy atom. The molecule has 2 fully saturated rings. The van der Waals surface area contributed by atoms with E-state index >= 15 is 0 Å². The lowest BCUT2D eigenvalue weighted by Gasteiger charge is -2.26. The number of ether oxygens (including phenoxy) is 3. The van der Waals surface area contributed by atoms with E-state index in [-0.39, 0.29) is 5.91 Å². The highest BCUT2D eigenvalue weighted by molar-refractivity contribution is 7.19. The van der Waals surface area contributed by atoms with Gasteiger partial charge in [-0.2, -0.15) is 0 Å². The number of nitrogens with one attached hydrogen (secondary N) is 1. The summed E-state index contributed by atoms with van der Waals surface area (Å²) in [6.45, 7) is 4.97. The lowest BCUT2D eigenvalue weighted by atomic mass is 9.85. The second-order valence-corrected chi connectivity index (χ2v) is 12.0. The lowest BCUT2D eigenvalue weighted by Crippen LogP contribution is -2.42. The second kappa shape index (κ2) is 9.27. The molecule has 2 aromatic carbocycles. The van der Waals surface area contributed by atoms with Crippen molar-refractivity contribution >= 4 is 27.3 Å². The number of hydrogen-bond donors (Lipinski definition) is 1. The van der Waals surface area contributed by atoms with Crippen LogP contribution in [-0.2, 0) is 6.54 Å². The number of nitrogens with zero attached hydrogens (tertiary/aromatic N) is 1. The molecule has 0 unspecified atom stereocenters. The quantitative estimate of drug-likeness (QED) is 0.446. The maximum atomic E-state index is 14.0. The zero-order valence-electron chi connectivity index (χ0n) is 21.2. The number of amides is 1. The number of rotatable bonds is 6. The van der Waals surface area contributed by atoms with Crippen molar-refractivity contribution in [2.24, 2.45) is 5.92 Å². The van der Waals surface area contributed by atoms with Gasteiger partial charge in [-0.15, -0.1) is 11.3 Å². The predicted molar refractivity (Wildman–Crippen MR) is 142 cm³/mol. The summed E-state index contributed by atoms with van der Waals surface area (Å²) in [5.41, 5.74) is 0.559. The third kappa shape index (κ3) is 4.55. The molecule has 1 N–H and O–H groups in total. The van der Waals surface area contributed by atoms with Gasteiger partial charge < -0.3 is 24.4 Å². The largest absolute Gasteiger partial charge is 0.493 e. The Labute approximate surface area is 216 Å². The average Bonchev–Trinajstić information content (AvgIpc) is 3.54. The first kappa shape index (κ1) is 23.6. The predicted octanol–water partition coefficient (Wildman–Crippen LogP) is 5.98. The smallest absolute Gasteiger partial charge is 0.254 e. The molecule has 1 amide bonds. The molecular formula is C29H34N2O4S. The van der Waals surface area contributed by atoms with Gasteiger partial charge in [-0.05, 0) is 54.8 Å². The Hall–Kier alpha value is -2.77. The molecule has 1 saturated heterocycles. The minimum absolute atomic E-state index is 0.0152. The van der Waals surface area contributed by atoms with Crippen LogP contribution < -0.4 is 19.5 Å². The second-order valence-electron chi connectivity index (χ2n) is 10.8. The number of fused-ring (bicyclic) bond motifs is 3. The fraction of sp³-hybridized carbons (Fsp3) is 0.483. The SMILES string of the molecule is COc1cc(C(=O)N(Cc2cc3ccccc3s2)C[C@@H]2C[C@@H]3CCCC[C@@H]3N2)cc2c1OC(C)(C)O2. The van der Waals surface area contributed by atoms with Gasteiger partial charge in [0.2, 0.25) is 11.5 Å². The van der Waals surface area contributed by atoms with Crippen molar-refractivity contribution < 1.29 is 19.0 Å². The number of carbonyl (C=O) groups excluding carboxylic acids is 1. The van der Waals surface area contributed by atoms with E-state index in [2.05, 4.69) is 35.6 Å². The zero-order chi connectivity index (χ0) is 24.9. The van der Waals surface area contributed by atoms with Crippen LogP contribution in [-0.4, -0.2) is 42.3 Å². The fourth-order valence-corrected chi connectivity index (χ4v) is 7.18. The highest BCUT2D eigenvalue weighted by atomic mass is 32.1. The van der Waals surface area contributed by atoms with Gasteiger partial charge in [-0.25, -0.2) is 0 Å². The van der Waals surface area contributed by atoms with E-state index in [0.717, 1.165) is 12.3 Å². The van der Waals surface area contributed by atoms with Crippen molar-refractivity contribution in [2.75, 3.05) is 13.7 Å². The van der Waals surface area contributed by atoms with Crippen LogP contribution in [0.5, 0.6) is 17.2 Å². The van der Waals surface area contributed by atoms with Crippen molar-refractivity contribution in [3.8, 4) is 17.2 Å².